The molecule has 0 amide bonds. The van der Waals surface area contributed by atoms with Crippen LogP contribution < -0.4 is 14.8 Å². The van der Waals surface area contributed by atoms with Crippen LogP contribution in [0, 0.1) is 5.82 Å². The maximum absolute atomic E-state index is 14.3. The number of anilines is 1. The van der Waals surface area contributed by atoms with E-state index >= 15 is 0 Å². The molecule has 3 aromatic carbocycles. The predicted octanol–water partition coefficient (Wildman–Crippen LogP) is 5.78. The minimum absolute atomic E-state index is 0.00155. The summed E-state index contributed by atoms with van der Waals surface area (Å²) in [5, 5.41) is 15.7. The Kier molecular flexibility index (Phi) is 7.63. The fraction of sp³-hybridized carbons (Fsp3) is 0.308. The molecule has 1 fully saturated rings. The Hall–Kier alpha value is -3.29. The van der Waals surface area contributed by atoms with Gasteiger partial charge in [0.1, 0.15) is 11.6 Å². The van der Waals surface area contributed by atoms with Crippen molar-refractivity contribution in [2.75, 3.05) is 18.0 Å². The quantitative estimate of drug-likeness (QED) is 0.365. The first-order valence-corrected chi connectivity index (χ1v) is 13.2. The van der Waals surface area contributed by atoms with Crippen molar-refractivity contribution in [3.05, 3.63) is 66.0 Å². The Morgan fingerprint density at radius 1 is 1.03 bits per heavy atom. The molecule has 0 aromatic heterocycles. The van der Waals surface area contributed by atoms with Crippen molar-refractivity contribution in [2.45, 2.75) is 43.0 Å². The van der Waals surface area contributed by atoms with Gasteiger partial charge in [-0.2, -0.15) is 22.0 Å². The van der Waals surface area contributed by atoms with E-state index in [1.165, 1.54) is 24.3 Å². The maximum Gasteiger partial charge on any atom is 0.417 e. The van der Waals surface area contributed by atoms with Gasteiger partial charge in [0.05, 0.1) is 21.6 Å². The van der Waals surface area contributed by atoms with Crippen LogP contribution in [0.25, 0.3) is 22.3 Å². The minimum atomic E-state index is -5.13. The molecule has 0 atom stereocenters. The summed E-state index contributed by atoms with van der Waals surface area (Å²) in [6.45, 7) is -1.75. The van der Waals surface area contributed by atoms with Crippen molar-refractivity contribution in [3.8, 4) is 28.0 Å². The second kappa shape index (κ2) is 10.4. The van der Waals surface area contributed by atoms with Crippen LogP contribution in [0.2, 0.25) is 0 Å². The lowest BCUT2D eigenvalue weighted by molar-refractivity contribution is -0.137. The van der Waals surface area contributed by atoms with E-state index < -0.39 is 61.6 Å². The van der Waals surface area contributed by atoms with Gasteiger partial charge < -0.3 is 14.7 Å². The average molecular weight is 575 g/mol. The highest BCUT2D eigenvalue weighted by atomic mass is 32.2. The number of halogens is 6. The van der Waals surface area contributed by atoms with E-state index in [4.69, 9.17) is 9.88 Å². The number of hydrogen-bond acceptors (Lipinski definition) is 5. The fourth-order valence-corrected chi connectivity index (χ4v) is 5.43. The van der Waals surface area contributed by atoms with E-state index in [1.807, 2.05) is 0 Å². The van der Waals surface area contributed by atoms with Crippen molar-refractivity contribution in [3.63, 3.8) is 0 Å². The predicted molar refractivity (Wildman–Crippen MR) is 132 cm³/mol. The molecule has 4 rings (SSSR count). The number of hydrogen-bond donors (Lipinski definition) is 2. The number of benzene rings is 3. The summed E-state index contributed by atoms with van der Waals surface area (Å²) >= 11 is 0. The third-order valence-electron chi connectivity index (χ3n) is 6.55. The van der Waals surface area contributed by atoms with E-state index in [2.05, 4.69) is 0 Å². The summed E-state index contributed by atoms with van der Waals surface area (Å²) < 4.78 is 115. The van der Waals surface area contributed by atoms with Crippen molar-refractivity contribution in [1.82, 2.24) is 0 Å². The number of nitrogens with zero attached hydrogens (tertiary/aromatic N) is 1. The smallest absolute Gasteiger partial charge is 0.417 e. The molecular formula is C26H24F6N2O4S. The van der Waals surface area contributed by atoms with Crippen LogP contribution in [-0.2, 0) is 16.2 Å². The van der Waals surface area contributed by atoms with Gasteiger partial charge in [-0.25, -0.2) is 17.9 Å². The van der Waals surface area contributed by atoms with Gasteiger partial charge >= 0.3 is 12.8 Å². The van der Waals surface area contributed by atoms with Gasteiger partial charge in [0.25, 0.3) is 0 Å². The van der Waals surface area contributed by atoms with E-state index in [1.54, 1.807) is 11.8 Å². The summed E-state index contributed by atoms with van der Waals surface area (Å²) in [6.07, 6.45) is -4.76. The molecule has 0 unspecified atom stereocenters. The van der Waals surface area contributed by atoms with Crippen molar-refractivity contribution in [1.29, 1.82) is 0 Å². The summed E-state index contributed by atoms with van der Waals surface area (Å²) in [7, 11) is -4.82. The number of alkyl halides is 5. The van der Waals surface area contributed by atoms with Crippen LogP contribution in [0.1, 0.15) is 25.3 Å². The average Bonchev–Trinajstić information content (AvgIpc) is 2.82. The van der Waals surface area contributed by atoms with Gasteiger partial charge in [-0.1, -0.05) is 18.2 Å². The molecule has 6 nitrogen and oxygen atoms in total. The number of nitrogens with two attached hydrogens (primary N) is 1. The van der Waals surface area contributed by atoms with Crippen molar-refractivity contribution in [2.24, 2.45) is 5.14 Å². The Morgan fingerprint density at radius 3 is 2.23 bits per heavy atom. The Morgan fingerprint density at radius 2 is 1.67 bits per heavy atom. The molecule has 0 bridgehead atoms. The van der Waals surface area contributed by atoms with Gasteiger partial charge in [-0.3, -0.25) is 0 Å². The fourth-order valence-electron chi connectivity index (χ4n) is 4.66. The van der Waals surface area contributed by atoms with Gasteiger partial charge in [0.15, 0.2) is 0 Å². The third-order valence-corrected chi connectivity index (χ3v) is 7.50. The lowest BCUT2D eigenvalue weighted by Crippen LogP contribution is -2.42. The summed E-state index contributed by atoms with van der Waals surface area (Å²) in [4.78, 5) is 0.583. The SMILES string of the molecule is CC1(O)CCN(c2ccc(-c3cccc(F)c3)c(OC(F)F)c2-c2c(C(F)(F)F)cccc2S(N)(=O)=O)CC1. The largest absolute Gasteiger partial charge is 0.433 e. The van der Waals surface area contributed by atoms with Gasteiger partial charge in [-0.15, -0.1) is 0 Å². The standard InChI is InChI=1S/C26H24F6N2O4S/c1-25(35)10-12-34(13-11-25)19-9-8-17(15-4-2-5-16(27)14-15)23(38-24(28)29)22(19)21-18(26(30,31)32)6-3-7-20(21)39(33,36)37/h2-9,14,24,35H,10-13H2,1H3,(H2,33,36,37). The van der Waals surface area contributed by atoms with Crippen LogP contribution in [0.4, 0.5) is 32.0 Å². The highest BCUT2D eigenvalue weighted by Gasteiger charge is 2.40. The van der Waals surface area contributed by atoms with Crippen molar-refractivity contribution < 1.29 is 44.6 Å². The summed E-state index contributed by atoms with van der Waals surface area (Å²) in [5.41, 5.74) is -4.35. The molecule has 39 heavy (non-hydrogen) atoms. The first-order chi connectivity index (χ1) is 18.1. The number of primary sulfonamides is 1. The molecule has 1 heterocycles. The van der Waals surface area contributed by atoms with E-state index in [0.29, 0.717) is 6.07 Å². The van der Waals surface area contributed by atoms with E-state index in [0.717, 1.165) is 24.3 Å². The molecule has 3 aromatic rings. The second-order valence-electron chi connectivity index (χ2n) is 9.43. The molecule has 210 valence electrons. The third kappa shape index (κ3) is 6.15. The van der Waals surface area contributed by atoms with E-state index in [-0.39, 0.29) is 42.7 Å². The summed E-state index contributed by atoms with van der Waals surface area (Å²) in [6, 6.07) is 9.58. The second-order valence-corrected chi connectivity index (χ2v) is 11.0. The van der Waals surface area contributed by atoms with Crippen molar-refractivity contribution >= 4 is 15.7 Å². The molecular weight excluding hydrogens is 550 g/mol. The Balaban J connectivity index is 2.17. The zero-order chi connectivity index (χ0) is 28.8. The summed E-state index contributed by atoms with van der Waals surface area (Å²) in [5.74, 6) is -1.53. The van der Waals surface area contributed by atoms with Crippen LogP contribution in [0.5, 0.6) is 5.75 Å². The number of piperidine rings is 1. The van der Waals surface area contributed by atoms with Crippen LogP contribution in [0.3, 0.4) is 0 Å². The number of aliphatic hydroxyl groups is 1. The van der Waals surface area contributed by atoms with Crippen LogP contribution in [0.15, 0.2) is 59.5 Å². The Labute approximate surface area is 220 Å². The lowest BCUT2D eigenvalue weighted by Gasteiger charge is -2.38. The first-order valence-electron chi connectivity index (χ1n) is 11.7. The monoisotopic (exact) mass is 574 g/mol. The normalized spacial score (nSPS) is 16.0. The lowest BCUT2D eigenvalue weighted by atomic mass is 9.89. The molecule has 0 saturated carbocycles. The molecule has 0 radical (unpaired) electrons. The zero-order valence-corrected chi connectivity index (χ0v) is 21.3. The van der Waals surface area contributed by atoms with Crippen LogP contribution in [-0.4, -0.2) is 38.8 Å². The Bertz CT molecular complexity index is 1480. The maximum atomic E-state index is 14.3. The molecule has 13 heteroatoms. The molecule has 1 saturated heterocycles. The molecule has 1 aliphatic rings. The van der Waals surface area contributed by atoms with E-state index in [9.17, 15) is 39.9 Å². The molecule has 3 N–H and O–H groups in total. The van der Waals surface area contributed by atoms with Gasteiger partial charge in [0.2, 0.25) is 10.0 Å². The highest BCUT2D eigenvalue weighted by Crippen LogP contribution is 2.51. The van der Waals surface area contributed by atoms with Gasteiger partial charge in [-0.05, 0) is 61.7 Å². The molecule has 1 aliphatic heterocycles. The molecule has 0 aliphatic carbocycles. The number of rotatable bonds is 6. The number of ether oxygens (including phenoxy) is 1. The van der Waals surface area contributed by atoms with Crippen LogP contribution >= 0.6 is 0 Å². The molecule has 0 spiro atoms. The first kappa shape index (κ1) is 28.7. The number of sulfonamides is 1. The zero-order valence-electron chi connectivity index (χ0n) is 20.5. The highest BCUT2D eigenvalue weighted by molar-refractivity contribution is 7.89. The minimum Gasteiger partial charge on any atom is -0.433 e. The van der Waals surface area contributed by atoms with Gasteiger partial charge in [0, 0.05) is 29.9 Å². The topological polar surface area (TPSA) is 92.9 Å².